The summed E-state index contributed by atoms with van der Waals surface area (Å²) >= 11 is 0. The molecule has 5 nitrogen and oxygen atoms in total. The first-order valence-corrected chi connectivity index (χ1v) is 8.86. The van der Waals surface area contributed by atoms with Crippen molar-refractivity contribution in [1.29, 1.82) is 0 Å². The molecule has 1 atom stereocenters. The van der Waals surface area contributed by atoms with E-state index in [0.29, 0.717) is 12.2 Å². The molecule has 0 saturated heterocycles. The average molecular weight is 355 g/mol. The summed E-state index contributed by atoms with van der Waals surface area (Å²) < 4.78 is 10.7. The van der Waals surface area contributed by atoms with Crippen molar-refractivity contribution in [2.75, 3.05) is 20.3 Å². The van der Waals surface area contributed by atoms with Crippen LogP contribution in [0.1, 0.15) is 29.5 Å². The van der Waals surface area contributed by atoms with Gasteiger partial charge in [0.2, 0.25) is 0 Å². The van der Waals surface area contributed by atoms with Gasteiger partial charge in [0.05, 0.1) is 13.7 Å². The standard InChI is InChI=1S/C21H25NO4/c1-15-5-7-17(8-6-15)26-13-20(23)22-14-21(24)11-3-4-16-12-18(25-2)9-10-19(16)21/h5-10,12,24H,3-4,11,13-14H2,1-2H3,(H,22,23). The Labute approximate surface area is 153 Å². The normalized spacial score (nSPS) is 18.7. The van der Waals surface area contributed by atoms with Crippen LogP contribution in [0.25, 0.3) is 0 Å². The number of hydrogen-bond acceptors (Lipinski definition) is 4. The Morgan fingerprint density at radius 1 is 1.19 bits per heavy atom. The number of carbonyl (C=O) groups excluding carboxylic acids is 1. The van der Waals surface area contributed by atoms with E-state index in [0.717, 1.165) is 35.3 Å². The van der Waals surface area contributed by atoms with E-state index in [2.05, 4.69) is 5.32 Å². The fraction of sp³-hybridized carbons (Fsp3) is 0.381. The van der Waals surface area contributed by atoms with Gasteiger partial charge in [-0.15, -0.1) is 0 Å². The second-order valence-electron chi connectivity index (χ2n) is 6.79. The maximum Gasteiger partial charge on any atom is 0.258 e. The monoisotopic (exact) mass is 355 g/mol. The molecule has 1 aliphatic carbocycles. The Morgan fingerprint density at radius 2 is 1.92 bits per heavy atom. The molecule has 0 heterocycles. The second kappa shape index (κ2) is 7.79. The molecule has 0 spiro atoms. The van der Waals surface area contributed by atoms with Crippen molar-refractivity contribution in [2.24, 2.45) is 0 Å². The predicted octanol–water partition coefficient (Wildman–Crippen LogP) is 2.72. The van der Waals surface area contributed by atoms with Crippen molar-refractivity contribution in [3.63, 3.8) is 0 Å². The summed E-state index contributed by atoms with van der Waals surface area (Å²) in [6.45, 7) is 2.09. The highest BCUT2D eigenvalue weighted by molar-refractivity contribution is 5.77. The Kier molecular flexibility index (Phi) is 5.47. The van der Waals surface area contributed by atoms with Crippen LogP contribution in [0.15, 0.2) is 42.5 Å². The summed E-state index contributed by atoms with van der Waals surface area (Å²) in [5.74, 6) is 1.18. The summed E-state index contributed by atoms with van der Waals surface area (Å²) in [7, 11) is 1.63. The van der Waals surface area contributed by atoms with Gasteiger partial charge in [-0.3, -0.25) is 4.79 Å². The molecular weight excluding hydrogens is 330 g/mol. The molecule has 2 N–H and O–H groups in total. The Hall–Kier alpha value is -2.53. The van der Waals surface area contributed by atoms with Gasteiger partial charge in [-0.05, 0) is 61.6 Å². The minimum absolute atomic E-state index is 0.0748. The molecule has 0 saturated carbocycles. The van der Waals surface area contributed by atoms with E-state index in [1.54, 1.807) is 7.11 Å². The van der Waals surface area contributed by atoms with E-state index < -0.39 is 5.60 Å². The van der Waals surface area contributed by atoms with Crippen LogP contribution >= 0.6 is 0 Å². The third-order valence-electron chi connectivity index (χ3n) is 4.82. The number of ether oxygens (including phenoxy) is 2. The van der Waals surface area contributed by atoms with Crippen LogP contribution in [0, 0.1) is 6.92 Å². The van der Waals surface area contributed by atoms with Crippen LogP contribution in [0.2, 0.25) is 0 Å². The van der Waals surface area contributed by atoms with E-state index in [1.807, 2.05) is 49.4 Å². The summed E-state index contributed by atoms with van der Waals surface area (Å²) in [4.78, 5) is 12.1. The Morgan fingerprint density at radius 3 is 2.65 bits per heavy atom. The van der Waals surface area contributed by atoms with Gasteiger partial charge in [0.1, 0.15) is 17.1 Å². The van der Waals surface area contributed by atoms with Crippen LogP contribution in [-0.2, 0) is 16.8 Å². The van der Waals surface area contributed by atoms with Gasteiger partial charge in [-0.25, -0.2) is 0 Å². The molecule has 26 heavy (non-hydrogen) atoms. The Balaban J connectivity index is 1.59. The summed E-state index contributed by atoms with van der Waals surface area (Å²) in [5.41, 5.74) is 2.02. The molecule has 0 fully saturated rings. The number of hydrogen-bond donors (Lipinski definition) is 2. The van der Waals surface area contributed by atoms with Crippen LogP contribution in [0.5, 0.6) is 11.5 Å². The number of carbonyl (C=O) groups is 1. The molecule has 0 aromatic heterocycles. The quantitative estimate of drug-likeness (QED) is 0.836. The van der Waals surface area contributed by atoms with Crippen LogP contribution in [-0.4, -0.2) is 31.3 Å². The van der Waals surface area contributed by atoms with E-state index in [4.69, 9.17) is 9.47 Å². The largest absolute Gasteiger partial charge is 0.497 e. The number of rotatable bonds is 6. The lowest BCUT2D eigenvalue weighted by Crippen LogP contribution is -2.44. The molecule has 0 radical (unpaired) electrons. The van der Waals surface area contributed by atoms with Gasteiger partial charge in [0.25, 0.3) is 5.91 Å². The topological polar surface area (TPSA) is 67.8 Å². The fourth-order valence-corrected chi connectivity index (χ4v) is 3.33. The van der Waals surface area contributed by atoms with Gasteiger partial charge in [0, 0.05) is 0 Å². The number of amides is 1. The zero-order valence-electron chi connectivity index (χ0n) is 15.2. The highest BCUT2D eigenvalue weighted by Gasteiger charge is 2.34. The molecule has 1 unspecified atom stereocenters. The van der Waals surface area contributed by atoms with Crippen molar-refractivity contribution < 1.29 is 19.4 Å². The number of aliphatic hydroxyl groups is 1. The van der Waals surface area contributed by atoms with Gasteiger partial charge in [0.15, 0.2) is 6.61 Å². The van der Waals surface area contributed by atoms with E-state index in [9.17, 15) is 9.90 Å². The van der Waals surface area contributed by atoms with Crippen LogP contribution in [0.4, 0.5) is 0 Å². The predicted molar refractivity (Wildman–Crippen MR) is 99.5 cm³/mol. The fourth-order valence-electron chi connectivity index (χ4n) is 3.33. The van der Waals surface area contributed by atoms with Gasteiger partial charge in [-0.2, -0.15) is 0 Å². The molecule has 0 aliphatic heterocycles. The summed E-state index contributed by atoms with van der Waals surface area (Å²) in [6, 6.07) is 13.2. The molecule has 1 aliphatic rings. The van der Waals surface area contributed by atoms with Gasteiger partial charge < -0.3 is 19.9 Å². The summed E-state index contributed by atoms with van der Waals surface area (Å²) in [5, 5.41) is 13.9. The Bertz CT molecular complexity index is 772. The van der Waals surface area contributed by atoms with Crippen molar-refractivity contribution in [3.8, 4) is 11.5 Å². The third kappa shape index (κ3) is 4.17. The third-order valence-corrected chi connectivity index (χ3v) is 4.82. The summed E-state index contributed by atoms with van der Waals surface area (Å²) in [6.07, 6.45) is 2.39. The number of fused-ring (bicyclic) bond motifs is 1. The molecule has 2 aromatic carbocycles. The molecule has 5 heteroatoms. The molecule has 2 aromatic rings. The van der Waals surface area contributed by atoms with E-state index in [1.165, 1.54) is 0 Å². The lowest BCUT2D eigenvalue weighted by Gasteiger charge is -2.34. The average Bonchev–Trinajstić information content (AvgIpc) is 2.66. The maximum absolute atomic E-state index is 12.1. The van der Waals surface area contributed by atoms with E-state index in [-0.39, 0.29) is 19.1 Å². The van der Waals surface area contributed by atoms with Gasteiger partial charge >= 0.3 is 0 Å². The first kappa shape index (κ1) is 18.3. The minimum atomic E-state index is -1.06. The van der Waals surface area contributed by atoms with Crippen LogP contribution < -0.4 is 14.8 Å². The molecule has 1 amide bonds. The number of methoxy groups -OCH3 is 1. The molecule has 3 rings (SSSR count). The van der Waals surface area contributed by atoms with Crippen LogP contribution in [0.3, 0.4) is 0 Å². The number of nitrogens with one attached hydrogen (secondary N) is 1. The minimum Gasteiger partial charge on any atom is -0.497 e. The first-order valence-electron chi connectivity index (χ1n) is 8.86. The molecule has 138 valence electrons. The second-order valence-corrected chi connectivity index (χ2v) is 6.79. The van der Waals surface area contributed by atoms with Gasteiger partial charge in [-0.1, -0.05) is 23.8 Å². The lowest BCUT2D eigenvalue weighted by atomic mass is 9.79. The van der Waals surface area contributed by atoms with Crippen molar-refractivity contribution in [3.05, 3.63) is 59.2 Å². The maximum atomic E-state index is 12.1. The van der Waals surface area contributed by atoms with Crippen molar-refractivity contribution >= 4 is 5.91 Å². The van der Waals surface area contributed by atoms with E-state index >= 15 is 0 Å². The van der Waals surface area contributed by atoms with Crippen molar-refractivity contribution in [1.82, 2.24) is 5.32 Å². The number of aryl methyl sites for hydroxylation is 2. The zero-order chi connectivity index (χ0) is 18.6. The highest BCUT2D eigenvalue weighted by Crippen LogP contribution is 2.36. The first-order chi connectivity index (χ1) is 12.5. The highest BCUT2D eigenvalue weighted by atomic mass is 16.5. The smallest absolute Gasteiger partial charge is 0.258 e. The zero-order valence-corrected chi connectivity index (χ0v) is 15.2. The molecule has 0 bridgehead atoms. The lowest BCUT2D eigenvalue weighted by molar-refractivity contribution is -0.124. The molecular formula is C21H25NO4. The van der Waals surface area contributed by atoms with Crippen molar-refractivity contribution in [2.45, 2.75) is 31.8 Å². The number of benzene rings is 2. The SMILES string of the molecule is COc1ccc2c(c1)CCCC2(O)CNC(=O)COc1ccc(C)cc1.